The van der Waals surface area contributed by atoms with E-state index < -0.39 is 0 Å². The molecule has 0 saturated heterocycles. The van der Waals surface area contributed by atoms with Gasteiger partial charge in [0, 0.05) is 6.20 Å². The Kier molecular flexibility index (Phi) is 2.84. The fraction of sp³-hybridized carbons (Fsp3) is 0.300. The van der Waals surface area contributed by atoms with Crippen molar-refractivity contribution in [3.05, 3.63) is 36.2 Å². The van der Waals surface area contributed by atoms with Crippen LogP contribution in [-0.4, -0.2) is 4.98 Å². The largest absolute Gasteiger partial charge is 0.257 e. The lowest BCUT2D eigenvalue weighted by Gasteiger charge is -1.97. The minimum Gasteiger partial charge on any atom is -0.257 e. The van der Waals surface area contributed by atoms with Crippen molar-refractivity contribution in [3.63, 3.8) is 0 Å². The SMILES string of the molecule is CCC=C(C)c1ccccn1. The van der Waals surface area contributed by atoms with Gasteiger partial charge in [0.05, 0.1) is 5.69 Å². The molecule has 0 bridgehead atoms. The molecule has 1 rings (SSSR count). The van der Waals surface area contributed by atoms with Gasteiger partial charge in [0.25, 0.3) is 0 Å². The predicted molar refractivity (Wildman–Crippen MR) is 48.2 cm³/mol. The molecule has 0 aliphatic heterocycles. The average Bonchev–Trinajstić information content (AvgIpc) is 2.07. The summed E-state index contributed by atoms with van der Waals surface area (Å²) in [5.41, 5.74) is 2.34. The van der Waals surface area contributed by atoms with Gasteiger partial charge in [-0.15, -0.1) is 0 Å². The van der Waals surface area contributed by atoms with Crippen molar-refractivity contribution in [1.29, 1.82) is 0 Å². The van der Waals surface area contributed by atoms with Crippen molar-refractivity contribution >= 4 is 5.57 Å². The topological polar surface area (TPSA) is 12.9 Å². The molecule has 1 aromatic heterocycles. The summed E-state index contributed by atoms with van der Waals surface area (Å²) in [5, 5.41) is 0. The summed E-state index contributed by atoms with van der Waals surface area (Å²) in [4.78, 5) is 4.23. The Morgan fingerprint density at radius 1 is 1.55 bits per heavy atom. The normalized spacial score (nSPS) is 11.6. The zero-order valence-corrected chi connectivity index (χ0v) is 7.04. The summed E-state index contributed by atoms with van der Waals surface area (Å²) >= 11 is 0. The first kappa shape index (κ1) is 7.99. The molecule has 1 heteroatoms. The summed E-state index contributed by atoms with van der Waals surface area (Å²) in [7, 11) is 0. The van der Waals surface area contributed by atoms with Crippen LogP contribution >= 0.6 is 0 Å². The Morgan fingerprint density at radius 2 is 2.36 bits per heavy atom. The molecule has 0 aliphatic carbocycles. The zero-order chi connectivity index (χ0) is 8.10. The van der Waals surface area contributed by atoms with E-state index in [4.69, 9.17) is 0 Å². The van der Waals surface area contributed by atoms with Crippen LogP contribution in [0.1, 0.15) is 26.0 Å². The Labute approximate surface area is 67.8 Å². The van der Waals surface area contributed by atoms with E-state index >= 15 is 0 Å². The maximum atomic E-state index is 4.23. The van der Waals surface area contributed by atoms with Crippen LogP contribution in [0.4, 0.5) is 0 Å². The number of pyridine rings is 1. The molecular weight excluding hydrogens is 134 g/mol. The van der Waals surface area contributed by atoms with Crippen molar-refractivity contribution in [2.45, 2.75) is 20.3 Å². The monoisotopic (exact) mass is 147 g/mol. The predicted octanol–water partition coefficient (Wildman–Crippen LogP) is 2.89. The third-order valence-electron chi connectivity index (χ3n) is 1.58. The molecule has 1 heterocycles. The number of hydrogen-bond donors (Lipinski definition) is 0. The highest BCUT2D eigenvalue weighted by atomic mass is 14.7. The minimum atomic E-state index is 1.07. The summed E-state index contributed by atoms with van der Waals surface area (Å²) in [6.07, 6.45) is 5.08. The molecule has 1 nitrogen and oxygen atoms in total. The van der Waals surface area contributed by atoms with E-state index in [0.717, 1.165) is 12.1 Å². The molecular formula is C10H13N. The van der Waals surface area contributed by atoms with E-state index in [9.17, 15) is 0 Å². The first-order valence-corrected chi connectivity index (χ1v) is 3.92. The molecule has 0 unspecified atom stereocenters. The summed E-state index contributed by atoms with van der Waals surface area (Å²) in [5.74, 6) is 0. The van der Waals surface area contributed by atoms with Gasteiger partial charge in [-0.1, -0.05) is 19.1 Å². The highest BCUT2D eigenvalue weighted by molar-refractivity contribution is 5.59. The van der Waals surface area contributed by atoms with Crippen molar-refractivity contribution in [1.82, 2.24) is 4.98 Å². The third kappa shape index (κ3) is 2.19. The van der Waals surface area contributed by atoms with Crippen molar-refractivity contribution < 1.29 is 0 Å². The van der Waals surface area contributed by atoms with Crippen molar-refractivity contribution in [3.8, 4) is 0 Å². The second-order valence-corrected chi connectivity index (χ2v) is 2.51. The van der Waals surface area contributed by atoms with E-state index in [1.807, 2.05) is 24.4 Å². The first-order chi connectivity index (χ1) is 5.34. The van der Waals surface area contributed by atoms with Gasteiger partial charge in [-0.25, -0.2) is 0 Å². The van der Waals surface area contributed by atoms with Gasteiger partial charge in [0.15, 0.2) is 0 Å². The van der Waals surface area contributed by atoms with Crippen LogP contribution < -0.4 is 0 Å². The Morgan fingerprint density at radius 3 is 2.91 bits per heavy atom. The second-order valence-electron chi connectivity index (χ2n) is 2.51. The Bertz CT molecular complexity index is 236. The molecule has 0 fully saturated rings. The molecule has 0 N–H and O–H groups in total. The maximum absolute atomic E-state index is 4.23. The number of hydrogen-bond acceptors (Lipinski definition) is 1. The van der Waals surface area contributed by atoms with Crippen LogP contribution in [0.2, 0.25) is 0 Å². The van der Waals surface area contributed by atoms with E-state index in [0.29, 0.717) is 0 Å². The molecule has 0 radical (unpaired) electrons. The minimum absolute atomic E-state index is 1.07. The standard InChI is InChI=1S/C10H13N/c1-3-6-9(2)10-7-4-5-8-11-10/h4-8H,3H2,1-2H3. The molecule has 0 aromatic carbocycles. The quantitative estimate of drug-likeness (QED) is 0.626. The summed E-state index contributed by atoms with van der Waals surface area (Å²) < 4.78 is 0. The second kappa shape index (κ2) is 3.91. The molecule has 0 aliphatic rings. The average molecular weight is 147 g/mol. The van der Waals surface area contributed by atoms with E-state index in [2.05, 4.69) is 24.9 Å². The third-order valence-corrected chi connectivity index (χ3v) is 1.58. The number of rotatable bonds is 2. The highest BCUT2D eigenvalue weighted by Crippen LogP contribution is 2.09. The Balaban J connectivity index is 2.85. The molecule has 0 saturated carbocycles. The van der Waals surface area contributed by atoms with Crippen molar-refractivity contribution in [2.24, 2.45) is 0 Å². The number of allylic oxidation sites excluding steroid dienone is 2. The van der Waals surface area contributed by atoms with Gasteiger partial charge in [-0.05, 0) is 31.1 Å². The van der Waals surface area contributed by atoms with E-state index in [1.54, 1.807) is 0 Å². The summed E-state index contributed by atoms with van der Waals surface area (Å²) in [6, 6.07) is 5.97. The van der Waals surface area contributed by atoms with Crippen LogP contribution in [0.5, 0.6) is 0 Å². The van der Waals surface area contributed by atoms with E-state index in [1.165, 1.54) is 5.57 Å². The van der Waals surface area contributed by atoms with Crippen LogP contribution in [0.3, 0.4) is 0 Å². The molecule has 1 aromatic rings. The Hall–Kier alpha value is -1.11. The smallest absolute Gasteiger partial charge is 0.0655 e. The lowest BCUT2D eigenvalue weighted by Crippen LogP contribution is -1.82. The van der Waals surface area contributed by atoms with Gasteiger partial charge in [0.2, 0.25) is 0 Å². The van der Waals surface area contributed by atoms with Crippen LogP contribution in [0.25, 0.3) is 5.57 Å². The van der Waals surface area contributed by atoms with Crippen LogP contribution in [0.15, 0.2) is 30.5 Å². The maximum Gasteiger partial charge on any atom is 0.0655 e. The van der Waals surface area contributed by atoms with Gasteiger partial charge < -0.3 is 0 Å². The highest BCUT2D eigenvalue weighted by Gasteiger charge is 1.92. The molecule has 58 valence electrons. The fourth-order valence-corrected chi connectivity index (χ4v) is 1.01. The van der Waals surface area contributed by atoms with Crippen molar-refractivity contribution in [2.75, 3.05) is 0 Å². The molecule has 11 heavy (non-hydrogen) atoms. The molecule has 0 amide bonds. The van der Waals surface area contributed by atoms with Gasteiger partial charge >= 0.3 is 0 Å². The number of nitrogens with zero attached hydrogens (tertiary/aromatic N) is 1. The lowest BCUT2D eigenvalue weighted by molar-refractivity contribution is 1.20. The van der Waals surface area contributed by atoms with Gasteiger partial charge in [-0.2, -0.15) is 0 Å². The van der Waals surface area contributed by atoms with Gasteiger partial charge in [-0.3, -0.25) is 4.98 Å². The summed E-state index contributed by atoms with van der Waals surface area (Å²) in [6.45, 7) is 4.22. The fourth-order valence-electron chi connectivity index (χ4n) is 1.01. The van der Waals surface area contributed by atoms with Crippen LogP contribution in [0, 0.1) is 0 Å². The lowest BCUT2D eigenvalue weighted by atomic mass is 10.2. The molecule has 0 atom stereocenters. The van der Waals surface area contributed by atoms with Crippen LogP contribution in [-0.2, 0) is 0 Å². The first-order valence-electron chi connectivity index (χ1n) is 3.92. The zero-order valence-electron chi connectivity index (χ0n) is 7.04. The van der Waals surface area contributed by atoms with E-state index in [-0.39, 0.29) is 0 Å². The number of aromatic nitrogens is 1. The van der Waals surface area contributed by atoms with Gasteiger partial charge in [0.1, 0.15) is 0 Å². The molecule has 0 spiro atoms.